The number of hydrogen-bond acceptors (Lipinski definition) is 4. The second-order valence-electron chi connectivity index (χ2n) is 7.17. The molecule has 2 atom stereocenters. The van der Waals surface area contributed by atoms with Gasteiger partial charge >= 0.3 is 0 Å². The third kappa shape index (κ3) is 3.89. The van der Waals surface area contributed by atoms with Gasteiger partial charge in [0, 0.05) is 35.9 Å². The molecule has 2 fully saturated rings. The largest absolute Gasteiger partial charge is 0.492 e. The lowest BCUT2D eigenvalue weighted by molar-refractivity contribution is 0.295. The minimum atomic E-state index is -3.71. The molecule has 0 radical (unpaired) electrons. The van der Waals surface area contributed by atoms with Gasteiger partial charge in [0.25, 0.3) is 0 Å². The molecule has 1 heterocycles. The number of rotatable bonds is 8. The predicted octanol–water partition coefficient (Wildman–Crippen LogP) is 3.09. The molecule has 0 amide bonds. The number of imidazole rings is 1. The van der Waals surface area contributed by atoms with Crippen molar-refractivity contribution in [2.45, 2.75) is 42.5 Å². The number of benzene rings is 1. The standard InChI is InChI=1S/C18H22ClN3O3S/c1-22-11-20-10-16(22)14-9-15(14)21-26(23,24)18-8-13(19)4-5-17(18)25-7-6-12-2-3-12/h4-5,8,10-12,14-15,21H,2-3,6-7,9H2,1H3/t14-,15-/m1/s1. The van der Waals surface area contributed by atoms with Crippen LogP contribution in [0.4, 0.5) is 0 Å². The Morgan fingerprint density at radius 1 is 1.38 bits per heavy atom. The summed E-state index contributed by atoms with van der Waals surface area (Å²) in [5, 5.41) is 0.374. The number of aromatic nitrogens is 2. The highest BCUT2D eigenvalue weighted by Crippen LogP contribution is 2.42. The van der Waals surface area contributed by atoms with Crippen molar-refractivity contribution in [2.24, 2.45) is 13.0 Å². The molecule has 2 aromatic rings. The molecule has 2 saturated carbocycles. The van der Waals surface area contributed by atoms with Crippen molar-refractivity contribution < 1.29 is 13.2 Å². The molecule has 0 unspecified atom stereocenters. The van der Waals surface area contributed by atoms with E-state index in [1.807, 2.05) is 11.6 Å². The highest BCUT2D eigenvalue weighted by Gasteiger charge is 2.43. The molecule has 1 aromatic carbocycles. The first kappa shape index (κ1) is 17.8. The van der Waals surface area contributed by atoms with Gasteiger partial charge < -0.3 is 9.30 Å². The number of nitrogens with zero attached hydrogens (tertiary/aromatic N) is 2. The second-order valence-corrected chi connectivity index (χ2v) is 9.29. The van der Waals surface area contributed by atoms with Crippen LogP contribution in [0.3, 0.4) is 0 Å². The summed E-state index contributed by atoms with van der Waals surface area (Å²) in [4.78, 5) is 4.21. The molecule has 2 aliphatic carbocycles. The van der Waals surface area contributed by atoms with Crippen molar-refractivity contribution in [1.29, 1.82) is 0 Å². The van der Waals surface area contributed by atoms with Crippen molar-refractivity contribution >= 4 is 21.6 Å². The van der Waals surface area contributed by atoms with Gasteiger partial charge in [0.05, 0.1) is 12.9 Å². The SMILES string of the molecule is Cn1cncc1[C@@H]1C[C@H]1NS(=O)(=O)c1cc(Cl)ccc1OCCC1CC1. The second kappa shape index (κ2) is 6.87. The molecule has 0 spiro atoms. The minimum absolute atomic E-state index is 0.108. The average Bonchev–Trinajstić information content (AvgIpc) is 3.50. The van der Waals surface area contributed by atoms with Gasteiger partial charge in [-0.3, -0.25) is 0 Å². The topological polar surface area (TPSA) is 73.2 Å². The number of ether oxygens (including phenoxy) is 1. The van der Waals surface area contributed by atoms with E-state index in [2.05, 4.69) is 9.71 Å². The van der Waals surface area contributed by atoms with E-state index in [1.54, 1.807) is 24.7 Å². The van der Waals surface area contributed by atoms with E-state index < -0.39 is 10.0 Å². The molecule has 8 heteroatoms. The summed E-state index contributed by atoms with van der Waals surface area (Å²) in [5.74, 6) is 1.24. The third-order valence-electron chi connectivity index (χ3n) is 5.01. The van der Waals surface area contributed by atoms with Crippen LogP contribution in [0, 0.1) is 5.92 Å². The zero-order valence-corrected chi connectivity index (χ0v) is 16.1. The van der Waals surface area contributed by atoms with Crippen LogP contribution in [-0.4, -0.2) is 30.6 Å². The molecule has 4 rings (SSSR count). The van der Waals surface area contributed by atoms with Gasteiger partial charge in [0.15, 0.2) is 0 Å². The maximum absolute atomic E-state index is 12.9. The molecule has 0 aliphatic heterocycles. The highest BCUT2D eigenvalue weighted by molar-refractivity contribution is 7.89. The van der Waals surface area contributed by atoms with E-state index in [-0.39, 0.29) is 16.9 Å². The molecular weight excluding hydrogens is 374 g/mol. The van der Waals surface area contributed by atoms with E-state index in [1.165, 1.54) is 18.9 Å². The Labute approximate surface area is 158 Å². The van der Waals surface area contributed by atoms with Crippen LogP contribution in [0.15, 0.2) is 35.6 Å². The first-order chi connectivity index (χ1) is 12.4. The maximum atomic E-state index is 12.9. The molecular formula is C18H22ClN3O3S. The van der Waals surface area contributed by atoms with E-state index in [4.69, 9.17) is 16.3 Å². The summed E-state index contributed by atoms with van der Waals surface area (Å²) >= 11 is 6.04. The van der Waals surface area contributed by atoms with Crippen molar-refractivity contribution in [3.8, 4) is 5.75 Å². The Morgan fingerprint density at radius 2 is 2.19 bits per heavy atom. The predicted molar refractivity (Wildman–Crippen MR) is 99.0 cm³/mol. The number of nitrogens with one attached hydrogen (secondary N) is 1. The highest BCUT2D eigenvalue weighted by atomic mass is 35.5. The lowest BCUT2D eigenvalue weighted by Gasteiger charge is -2.13. The Balaban J connectivity index is 1.48. The quantitative estimate of drug-likeness (QED) is 0.745. The van der Waals surface area contributed by atoms with Gasteiger partial charge in [0.1, 0.15) is 10.6 Å². The first-order valence-corrected chi connectivity index (χ1v) is 10.7. The van der Waals surface area contributed by atoms with Crippen LogP contribution < -0.4 is 9.46 Å². The lowest BCUT2D eigenvalue weighted by atomic mass is 10.3. The van der Waals surface area contributed by atoms with Crippen LogP contribution in [0.1, 0.15) is 37.3 Å². The summed E-state index contributed by atoms with van der Waals surface area (Å²) in [6.45, 7) is 0.524. The van der Waals surface area contributed by atoms with Gasteiger partial charge in [-0.15, -0.1) is 0 Å². The van der Waals surface area contributed by atoms with Crippen LogP contribution in [0.25, 0.3) is 0 Å². The van der Waals surface area contributed by atoms with E-state index >= 15 is 0 Å². The summed E-state index contributed by atoms with van der Waals surface area (Å²) in [7, 11) is -1.80. The Hall–Kier alpha value is -1.57. The molecule has 26 heavy (non-hydrogen) atoms. The molecule has 140 valence electrons. The van der Waals surface area contributed by atoms with Gasteiger partial charge in [-0.1, -0.05) is 24.4 Å². The summed E-state index contributed by atoms with van der Waals surface area (Å²) in [6.07, 6.45) is 7.71. The fraction of sp³-hybridized carbons (Fsp3) is 0.500. The van der Waals surface area contributed by atoms with E-state index in [0.717, 1.165) is 24.5 Å². The van der Waals surface area contributed by atoms with E-state index in [9.17, 15) is 8.42 Å². The summed E-state index contributed by atoms with van der Waals surface area (Å²) < 4.78 is 36.2. The Morgan fingerprint density at radius 3 is 2.88 bits per heavy atom. The fourth-order valence-corrected chi connectivity index (χ4v) is 4.89. The van der Waals surface area contributed by atoms with Crippen molar-refractivity contribution in [3.05, 3.63) is 41.4 Å². The van der Waals surface area contributed by atoms with Crippen molar-refractivity contribution in [3.63, 3.8) is 0 Å². The molecule has 6 nitrogen and oxygen atoms in total. The minimum Gasteiger partial charge on any atom is -0.492 e. The smallest absolute Gasteiger partial charge is 0.244 e. The maximum Gasteiger partial charge on any atom is 0.244 e. The van der Waals surface area contributed by atoms with Gasteiger partial charge in [-0.2, -0.15) is 0 Å². The Bertz CT molecular complexity index is 908. The summed E-state index contributed by atoms with van der Waals surface area (Å²) in [6, 6.07) is 4.61. The van der Waals surface area contributed by atoms with Crippen molar-refractivity contribution in [1.82, 2.24) is 14.3 Å². The molecule has 1 N–H and O–H groups in total. The molecule has 0 saturated heterocycles. The average molecular weight is 396 g/mol. The molecule has 2 aliphatic rings. The third-order valence-corrected chi connectivity index (χ3v) is 6.75. The monoisotopic (exact) mass is 395 g/mol. The van der Waals surface area contributed by atoms with Crippen LogP contribution in [0.5, 0.6) is 5.75 Å². The fourth-order valence-electron chi connectivity index (χ4n) is 3.19. The van der Waals surface area contributed by atoms with Gasteiger partial charge in [-0.25, -0.2) is 18.1 Å². The molecule has 0 bridgehead atoms. The van der Waals surface area contributed by atoms with Crippen LogP contribution in [-0.2, 0) is 17.1 Å². The zero-order chi connectivity index (χ0) is 18.3. The summed E-state index contributed by atoms with van der Waals surface area (Å²) in [5.41, 5.74) is 1.03. The first-order valence-electron chi connectivity index (χ1n) is 8.85. The van der Waals surface area contributed by atoms with Crippen molar-refractivity contribution in [2.75, 3.05) is 6.61 Å². The van der Waals surface area contributed by atoms with Gasteiger partial charge in [-0.05, 0) is 37.0 Å². The van der Waals surface area contributed by atoms with Gasteiger partial charge in [0.2, 0.25) is 10.0 Å². The normalized spacial score (nSPS) is 22.4. The van der Waals surface area contributed by atoms with Crippen LogP contribution >= 0.6 is 11.6 Å². The number of sulfonamides is 1. The van der Waals surface area contributed by atoms with E-state index in [0.29, 0.717) is 17.4 Å². The molecule has 1 aromatic heterocycles. The number of hydrogen-bond donors (Lipinski definition) is 1. The number of aryl methyl sites for hydroxylation is 1. The zero-order valence-electron chi connectivity index (χ0n) is 14.6. The lowest BCUT2D eigenvalue weighted by Crippen LogP contribution is -2.27. The number of halogens is 1. The van der Waals surface area contributed by atoms with Crippen LogP contribution in [0.2, 0.25) is 5.02 Å². The Kier molecular flexibility index (Phi) is 4.71.